The molecule has 106 valence electrons. The van der Waals surface area contributed by atoms with Gasteiger partial charge in [-0.1, -0.05) is 12.1 Å². The van der Waals surface area contributed by atoms with Crippen molar-refractivity contribution in [1.29, 1.82) is 0 Å². The molecule has 4 nitrogen and oxygen atoms in total. The van der Waals surface area contributed by atoms with Crippen LogP contribution < -0.4 is 15.2 Å². The maximum absolute atomic E-state index is 5.79. The quantitative estimate of drug-likeness (QED) is 0.821. The Morgan fingerprint density at radius 3 is 2.25 bits per heavy atom. The Labute approximate surface area is 119 Å². The van der Waals surface area contributed by atoms with Gasteiger partial charge in [-0.3, -0.25) is 0 Å². The summed E-state index contributed by atoms with van der Waals surface area (Å²) in [6.45, 7) is 0.715. The van der Waals surface area contributed by atoms with E-state index in [4.69, 9.17) is 19.9 Å². The van der Waals surface area contributed by atoms with Crippen LogP contribution in [0.15, 0.2) is 42.5 Å². The number of anilines is 1. The molecule has 0 amide bonds. The zero-order valence-corrected chi connectivity index (χ0v) is 11.8. The van der Waals surface area contributed by atoms with Crippen LogP contribution in [0.25, 0.3) is 0 Å². The van der Waals surface area contributed by atoms with E-state index in [1.807, 2.05) is 24.3 Å². The number of methoxy groups -OCH3 is 2. The number of benzene rings is 2. The normalized spacial score (nSPS) is 10.3. The van der Waals surface area contributed by atoms with E-state index in [0.717, 1.165) is 12.2 Å². The number of hydrogen-bond donors (Lipinski definition) is 1. The lowest BCUT2D eigenvalue weighted by atomic mass is 10.1. The molecule has 2 aromatic rings. The van der Waals surface area contributed by atoms with Crippen LogP contribution in [0, 0.1) is 0 Å². The number of nitrogens with two attached hydrogens (primary N) is 1. The van der Waals surface area contributed by atoms with Gasteiger partial charge in [-0.25, -0.2) is 0 Å². The second kappa shape index (κ2) is 6.82. The summed E-state index contributed by atoms with van der Waals surface area (Å²) in [6.07, 6.45) is 0.892. The molecule has 0 spiro atoms. The fourth-order valence-electron chi connectivity index (χ4n) is 1.85. The molecule has 0 aliphatic heterocycles. The first-order chi connectivity index (χ1) is 9.71. The van der Waals surface area contributed by atoms with Crippen LogP contribution in [-0.2, 0) is 11.2 Å². The SMILES string of the molecule is COCCc1ccc(Oc2cc(N)cc(OC)c2)cc1. The van der Waals surface area contributed by atoms with Crippen molar-refractivity contribution in [3.63, 3.8) is 0 Å². The van der Waals surface area contributed by atoms with E-state index >= 15 is 0 Å². The Morgan fingerprint density at radius 1 is 0.900 bits per heavy atom. The van der Waals surface area contributed by atoms with Crippen molar-refractivity contribution in [3.8, 4) is 17.2 Å². The average Bonchev–Trinajstić information content (AvgIpc) is 2.46. The molecule has 0 radical (unpaired) electrons. The monoisotopic (exact) mass is 273 g/mol. The predicted octanol–water partition coefficient (Wildman–Crippen LogP) is 3.26. The van der Waals surface area contributed by atoms with Crippen molar-refractivity contribution < 1.29 is 14.2 Å². The summed E-state index contributed by atoms with van der Waals surface area (Å²) in [5.74, 6) is 2.10. The maximum atomic E-state index is 5.79. The zero-order valence-electron chi connectivity index (χ0n) is 11.8. The molecule has 0 aromatic heterocycles. The topological polar surface area (TPSA) is 53.7 Å². The number of hydrogen-bond acceptors (Lipinski definition) is 4. The molecule has 0 aliphatic carbocycles. The van der Waals surface area contributed by atoms with Gasteiger partial charge in [0.15, 0.2) is 0 Å². The van der Waals surface area contributed by atoms with Crippen LogP contribution in [0.3, 0.4) is 0 Å². The zero-order chi connectivity index (χ0) is 14.4. The molecule has 20 heavy (non-hydrogen) atoms. The van der Waals surface area contributed by atoms with Crippen LogP contribution in [0.4, 0.5) is 5.69 Å². The summed E-state index contributed by atoms with van der Waals surface area (Å²) >= 11 is 0. The standard InChI is InChI=1S/C16H19NO3/c1-18-8-7-12-3-5-14(6-4-12)20-16-10-13(17)9-15(11-16)19-2/h3-6,9-11H,7-8,17H2,1-2H3. The first kappa shape index (κ1) is 14.2. The van der Waals surface area contributed by atoms with Gasteiger partial charge in [0, 0.05) is 31.0 Å². The van der Waals surface area contributed by atoms with Gasteiger partial charge in [0.1, 0.15) is 17.2 Å². The Balaban J connectivity index is 2.07. The second-order valence-corrected chi connectivity index (χ2v) is 4.43. The Kier molecular flexibility index (Phi) is 4.85. The second-order valence-electron chi connectivity index (χ2n) is 4.43. The van der Waals surface area contributed by atoms with Gasteiger partial charge in [0.25, 0.3) is 0 Å². The lowest BCUT2D eigenvalue weighted by molar-refractivity contribution is 0.202. The lowest BCUT2D eigenvalue weighted by Crippen LogP contribution is -1.94. The van der Waals surface area contributed by atoms with Gasteiger partial charge >= 0.3 is 0 Å². The molecule has 0 saturated heterocycles. The molecule has 0 atom stereocenters. The van der Waals surface area contributed by atoms with E-state index < -0.39 is 0 Å². The van der Waals surface area contributed by atoms with Crippen molar-refractivity contribution in [2.45, 2.75) is 6.42 Å². The van der Waals surface area contributed by atoms with E-state index in [2.05, 4.69) is 0 Å². The highest BCUT2D eigenvalue weighted by Gasteiger charge is 2.02. The predicted molar refractivity (Wildman–Crippen MR) is 79.5 cm³/mol. The summed E-state index contributed by atoms with van der Waals surface area (Å²) in [7, 11) is 3.30. The largest absolute Gasteiger partial charge is 0.497 e. The summed E-state index contributed by atoms with van der Waals surface area (Å²) in [4.78, 5) is 0. The number of ether oxygens (including phenoxy) is 3. The summed E-state index contributed by atoms with van der Waals surface area (Å²) in [6, 6.07) is 13.2. The molecule has 0 heterocycles. The number of rotatable bonds is 6. The molecule has 0 saturated carbocycles. The molecule has 0 unspecified atom stereocenters. The summed E-state index contributed by atoms with van der Waals surface area (Å²) in [5, 5.41) is 0. The van der Waals surface area contributed by atoms with Gasteiger partial charge in [0.2, 0.25) is 0 Å². The molecule has 2 N–H and O–H groups in total. The van der Waals surface area contributed by atoms with Crippen LogP contribution in [-0.4, -0.2) is 20.8 Å². The van der Waals surface area contributed by atoms with E-state index in [1.54, 1.807) is 32.4 Å². The minimum absolute atomic E-state index is 0.607. The lowest BCUT2D eigenvalue weighted by Gasteiger charge is -2.09. The molecular weight excluding hydrogens is 254 g/mol. The van der Waals surface area contributed by atoms with Gasteiger partial charge in [-0.05, 0) is 24.1 Å². The molecule has 0 bridgehead atoms. The minimum Gasteiger partial charge on any atom is -0.497 e. The molecule has 0 aliphatic rings. The van der Waals surface area contributed by atoms with E-state index in [0.29, 0.717) is 23.8 Å². The van der Waals surface area contributed by atoms with Crippen molar-refractivity contribution >= 4 is 5.69 Å². The van der Waals surface area contributed by atoms with Gasteiger partial charge in [-0.2, -0.15) is 0 Å². The van der Waals surface area contributed by atoms with Gasteiger partial charge < -0.3 is 19.9 Å². The van der Waals surface area contributed by atoms with E-state index in [9.17, 15) is 0 Å². The highest BCUT2D eigenvalue weighted by molar-refractivity contribution is 5.51. The fourth-order valence-corrected chi connectivity index (χ4v) is 1.85. The number of nitrogen functional groups attached to an aromatic ring is 1. The van der Waals surface area contributed by atoms with Gasteiger partial charge in [0.05, 0.1) is 13.7 Å². The third kappa shape index (κ3) is 3.90. The Bertz CT molecular complexity index is 552. The molecule has 0 fully saturated rings. The molecule has 2 aromatic carbocycles. The molecule has 4 heteroatoms. The van der Waals surface area contributed by atoms with Crippen molar-refractivity contribution in [1.82, 2.24) is 0 Å². The first-order valence-corrected chi connectivity index (χ1v) is 6.41. The van der Waals surface area contributed by atoms with E-state index in [-0.39, 0.29) is 0 Å². The van der Waals surface area contributed by atoms with Gasteiger partial charge in [-0.15, -0.1) is 0 Å². The highest BCUT2D eigenvalue weighted by Crippen LogP contribution is 2.28. The third-order valence-electron chi connectivity index (χ3n) is 2.89. The van der Waals surface area contributed by atoms with E-state index in [1.165, 1.54) is 5.56 Å². The third-order valence-corrected chi connectivity index (χ3v) is 2.89. The Hall–Kier alpha value is -2.20. The van der Waals surface area contributed by atoms with Crippen LogP contribution in [0.2, 0.25) is 0 Å². The average molecular weight is 273 g/mol. The van der Waals surface area contributed by atoms with Crippen LogP contribution in [0.1, 0.15) is 5.56 Å². The van der Waals surface area contributed by atoms with Crippen LogP contribution >= 0.6 is 0 Å². The first-order valence-electron chi connectivity index (χ1n) is 6.41. The van der Waals surface area contributed by atoms with Crippen LogP contribution in [0.5, 0.6) is 17.2 Å². The fraction of sp³-hybridized carbons (Fsp3) is 0.250. The Morgan fingerprint density at radius 2 is 1.60 bits per heavy atom. The van der Waals surface area contributed by atoms with Crippen molar-refractivity contribution in [2.75, 3.05) is 26.6 Å². The summed E-state index contributed by atoms with van der Waals surface area (Å²) in [5.41, 5.74) is 7.61. The van der Waals surface area contributed by atoms with Crippen molar-refractivity contribution in [2.24, 2.45) is 0 Å². The molecule has 2 rings (SSSR count). The maximum Gasteiger partial charge on any atom is 0.133 e. The minimum atomic E-state index is 0.607. The van der Waals surface area contributed by atoms with Crippen molar-refractivity contribution in [3.05, 3.63) is 48.0 Å². The smallest absolute Gasteiger partial charge is 0.133 e. The highest BCUT2D eigenvalue weighted by atomic mass is 16.5. The summed E-state index contributed by atoms with van der Waals surface area (Å²) < 4.78 is 16.0. The molecular formula is C16H19NO3.